The molecule has 0 aromatic heterocycles. The number of rotatable bonds is 2. The summed E-state index contributed by atoms with van der Waals surface area (Å²) in [4.78, 5) is 2.24. The number of anilines is 1. The van der Waals surface area contributed by atoms with Gasteiger partial charge in [-0.05, 0) is 38.5 Å². The molecule has 0 aliphatic carbocycles. The highest BCUT2D eigenvalue weighted by Gasteiger charge is 2.23. The Hall–Kier alpha value is -0.770. The first-order valence-corrected chi connectivity index (χ1v) is 6.73. The molecule has 0 bridgehead atoms. The van der Waals surface area contributed by atoms with E-state index in [1.807, 2.05) is 18.2 Å². The monoisotopic (exact) mass is 269 g/mol. The number of aliphatic hydroxyl groups excluding tert-OH is 1. The molecule has 4 heteroatoms. The largest absolute Gasteiger partial charge is 0.389 e. The fourth-order valence-electron chi connectivity index (χ4n) is 2.41. The molecule has 1 N–H and O–H groups in total. The predicted octanol–water partition coefficient (Wildman–Crippen LogP) is 3.01. The molecule has 1 aromatic carbocycles. The second-order valence-corrected chi connectivity index (χ2v) is 5.46. The maximum Gasteiger partial charge on any atom is 0.0762 e. The summed E-state index contributed by atoms with van der Waals surface area (Å²) in [5.41, 5.74) is 1.86. The zero-order valence-electron chi connectivity index (χ0n) is 11.1. The molecule has 18 heavy (non-hydrogen) atoms. The van der Waals surface area contributed by atoms with Gasteiger partial charge in [0, 0.05) is 13.1 Å². The molecule has 0 amide bonds. The summed E-state index contributed by atoms with van der Waals surface area (Å²) in [6, 6.07) is 5.75. The Morgan fingerprint density at radius 1 is 1.33 bits per heavy atom. The summed E-state index contributed by atoms with van der Waals surface area (Å²) in [7, 11) is 0. The van der Waals surface area contributed by atoms with Gasteiger partial charge in [0.25, 0.3) is 0 Å². The molecule has 100 valence electrons. The first kappa shape index (κ1) is 13.7. The molecule has 1 saturated heterocycles. The van der Waals surface area contributed by atoms with E-state index < -0.39 is 6.10 Å². The summed E-state index contributed by atoms with van der Waals surface area (Å²) in [6.45, 7) is 7.57. The molecule has 0 spiro atoms. The maximum atomic E-state index is 9.54. The minimum Gasteiger partial charge on any atom is -0.389 e. The van der Waals surface area contributed by atoms with Crippen molar-refractivity contribution in [2.45, 2.75) is 39.1 Å². The fraction of sp³-hybridized carbons (Fsp3) is 0.571. The number of halogens is 1. The second kappa shape index (κ2) is 5.47. The van der Waals surface area contributed by atoms with Crippen LogP contribution in [0.1, 0.15) is 32.4 Å². The smallest absolute Gasteiger partial charge is 0.0762 e. The lowest BCUT2D eigenvalue weighted by Crippen LogP contribution is -2.45. The van der Waals surface area contributed by atoms with Crippen molar-refractivity contribution in [2.75, 3.05) is 18.0 Å². The van der Waals surface area contributed by atoms with Gasteiger partial charge in [0.05, 0.1) is 29.0 Å². The average molecular weight is 270 g/mol. The molecule has 2 rings (SSSR count). The highest BCUT2D eigenvalue weighted by molar-refractivity contribution is 6.33. The summed E-state index contributed by atoms with van der Waals surface area (Å²) in [6.07, 6.45) is -0.0680. The molecule has 1 aliphatic heterocycles. The molecule has 1 fully saturated rings. The lowest BCUT2D eigenvalue weighted by molar-refractivity contribution is -0.00521. The molecule has 1 aliphatic rings. The number of benzene rings is 1. The van der Waals surface area contributed by atoms with Gasteiger partial charge in [-0.15, -0.1) is 0 Å². The van der Waals surface area contributed by atoms with Crippen LogP contribution in [-0.4, -0.2) is 30.4 Å². The topological polar surface area (TPSA) is 32.7 Å². The first-order chi connectivity index (χ1) is 8.47. The van der Waals surface area contributed by atoms with Crippen LogP contribution in [0.2, 0.25) is 5.02 Å². The van der Waals surface area contributed by atoms with Crippen molar-refractivity contribution in [3.05, 3.63) is 28.8 Å². The van der Waals surface area contributed by atoms with E-state index in [4.69, 9.17) is 16.3 Å². The molecule has 1 heterocycles. The zero-order chi connectivity index (χ0) is 13.3. The van der Waals surface area contributed by atoms with Gasteiger partial charge in [0.1, 0.15) is 0 Å². The highest BCUT2D eigenvalue weighted by atomic mass is 35.5. The van der Waals surface area contributed by atoms with E-state index in [2.05, 4.69) is 18.7 Å². The predicted molar refractivity (Wildman–Crippen MR) is 74.3 cm³/mol. The van der Waals surface area contributed by atoms with E-state index >= 15 is 0 Å². The Morgan fingerprint density at radius 2 is 1.94 bits per heavy atom. The van der Waals surface area contributed by atoms with Crippen molar-refractivity contribution < 1.29 is 9.84 Å². The molecule has 1 aromatic rings. The Balaban J connectivity index is 2.22. The normalized spacial score (nSPS) is 26.2. The number of ether oxygens (including phenoxy) is 1. The van der Waals surface area contributed by atoms with Crippen molar-refractivity contribution in [1.29, 1.82) is 0 Å². The Morgan fingerprint density at radius 3 is 2.44 bits per heavy atom. The van der Waals surface area contributed by atoms with Gasteiger partial charge in [-0.2, -0.15) is 0 Å². The van der Waals surface area contributed by atoms with Crippen LogP contribution < -0.4 is 4.90 Å². The third kappa shape index (κ3) is 2.97. The molecule has 3 nitrogen and oxygen atoms in total. The van der Waals surface area contributed by atoms with Gasteiger partial charge in [0.15, 0.2) is 0 Å². The van der Waals surface area contributed by atoms with E-state index in [9.17, 15) is 5.11 Å². The zero-order valence-corrected chi connectivity index (χ0v) is 11.8. The van der Waals surface area contributed by atoms with Crippen LogP contribution in [0.25, 0.3) is 0 Å². The lowest BCUT2D eigenvalue weighted by Gasteiger charge is -2.37. The van der Waals surface area contributed by atoms with Crippen molar-refractivity contribution in [1.82, 2.24) is 0 Å². The minimum absolute atomic E-state index is 0.209. The molecule has 3 atom stereocenters. The molecular weight excluding hydrogens is 250 g/mol. The van der Waals surface area contributed by atoms with E-state index in [1.54, 1.807) is 6.92 Å². The lowest BCUT2D eigenvalue weighted by atomic mass is 10.1. The van der Waals surface area contributed by atoms with E-state index in [-0.39, 0.29) is 12.2 Å². The highest BCUT2D eigenvalue weighted by Crippen LogP contribution is 2.30. The van der Waals surface area contributed by atoms with Crippen LogP contribution in [0.4, 0.5) is 5.69 Å². The van der Waals surface area contributed by atoms with Gasteiger partial charge in [-0.3, -0.25) is 0 Å². The Labute approximate surface area is 113 Å². The van der Waals surface area contributed by atoms with Crippen LogP contribution >= 0.6 is 11.6 Å². The summed E-state index contributed by atoms with van der Waals surface area (Å²) in [5.74, 6) is 0. The van der Waals surface area contributed by atoms with Crippen molar-refractivity contribution in [3.63, 3.8) is 0 Å². The molecule has 0 saturated carbocycles. The molecule has 0 radical (unpaired) electrons. The Kier molecular flexibility index (Phi) is 4.15. The quantitative estimate of drug-likeness (QED) is 0.896. The third-order valence-electron chi connectivity index (χ3n) is 3.21. The third-order valence-corrected chi connectivity index (χ3v) is 3.52. The number of hydrogen-bond donors (Lipinski definition) is 1. The number of nitrogens with zero attached hydrogens (tertiary/aromatic N) is 1. The van der Waals surface area contributed by atoms with Crippen LogP contribution in [0.5, 0.6) is 0 Å². The number of morpholine rings is 1. The standard InChI is InChI=1S/C14H20ClNO2/c1-9-7-16(8-10(2)18-9)14-5-4-12(11(3)17)6-13(14)15/h4-6,9-11,17H,7-8H2,1-3H3/t9-,10+,11-/m1/s1. The van der Waals surface area contributed by atoms with Crippen LogP contribution in [-0.2, 0) is 4.74 Å². The van der Waals surface area contributed by atoms with Gasteiger partial charge in [-0.1, -0.05) is 17.7 Å². The number of hydrogen-bond acceptors (Lipinski definition) is 3. The number of aliphatic hydroxyl groups is 1. The average Bonchev–Trinajstić information content (AvgIpc) is 2.27. The van der Waals surface area contributed by atoms with Gasteiger partial charge in [0.2, 0.25) is 0 Å². The van der Waals surface area contributed by atoms with E-state index in [0.29, 0.717) is 5.02 Å². The van der Waals surface area contributed by atoms with Crippen molar-refractivity contribution in [3.8, 4) is 0 Å². The minimum atomic E-state index is -0.487. The summed E-state index contributed by atoms with van der Waals surface area (Å²) < 4.78 is 5.71. The van der Waals surface area contributed by atoms with Crippen LogP contribution in [0.3, 0.4) is 0 Å². The summed E-state index contributed by atoms with van der Waals surface area (Å²) in [5, 5.41) is 10.2. The Bertz CT molecular complexity index is 412. The molecule has 0 unspecified atom stereocenters. The van der Waals surface area contributed by atoms with Crippen LogP contribution in [0, 0.1) is 0 Å². The van der Waals surface area contributed by atoms with Crippen molar-refractivity contribution in [2.24, 2.45) is 0 Å². The van der Waals surface area contributed by atoms with Crippen LogP contribution in [0.15, 0.2) is 18.2 Å². The first-order valence-electron chi connectivity index (χ1n) is 6.35. The van der Waals surface area contributed by atoms with Crippen molar-refractivity contribution >= 4 is 17.3 Å². The fourth-order valence-corrected chi connectivity index (χ4v) is 2.72. The SMILES string of the molecule is C[C@@H]1CN(c2ccc([C@@H](C)O)cc2Cl)C[C@H](C)O1. The maximum absolute atomic E-state index is 9.54. The molecular formula is C14H20ClNO2. The second-order valence-electron chi connectivity index (χ2n) is 5.05. The van der Waals surface area contributed by atoms with E-state index in [0.717, 1.165) is 24.3 Å². The van der Waals surface area contributed by atoms with E-state index in [1.165, 1.54) is 0 Å². The van der Waals surface area contributed by atoms with Gasteiger partial charge < -0.3 is 14.7 Å². The van der Waals surface area contributed by atoms with Gasteiger partial charge in [-0.25, -0.2) is 0 Å². The summed E-state index contributed by atoms with van der Waals surface area (Å²) >= 11 is 6.31. The van der Waals surface area contributed by atoms with Gasteiger partial charge >= 0.3 is 0 Å².